The van der Waals surface area contributed by atoms with Gasteiger partial charge in [-0.05, 0) is 12.1 Å². The summed E-state index contributed by atoms with van der Waals surface area (Å²) >= 11 is 4.85. The Hall–Kier alpha value is -1.05. The lowest BCUT2D eigenvalue weighted by molar-refractivity contribution is 0.445. The molecule has 0 spiro atoms. The molecule has 1 heterocycles. The summed E-state index contributed by atoms with van der Waals surface area (Å²) in [5.41, 5.74) is 6.26. The zero-order valence-electron chi connectivity index (χ0n) is 11.1. The predicted octanol–water partition coefficient (Wildman–Crippen LogP) is 0.808. The molecule has 2 N–H and O–H groups in total. The van der Waals surface area contributed by atoms with Gasteiger partial charge in [0.1, 0.15) is 0 Å². The van der Waals surface area contributed by atoms with Crippen LogP contribution in [0, 0.1) is 5.92 Å². The van der Waals surface area contributed by atoms with E-state index in [2.05, 4.69) is 4.98 Å². The fourth-order valence-corrected chi connectivity index (χ4v) is 2.83. The number of nitrogens with zero attached hydrogens (tertiary/aromatic N) is 2. The number of sulfonamides is 1. The molecule has 0 radical (unpaired) electrons. The fraction of sp³-hybridized carbons (Fsp3) is 0.500. The highest BCUT2D eigenvalue weighted by molar-refractivity contribution is 7.89. The lowest BCUT2D eigenvalue weighted by Gasteiger charge is -2.20. The molecule has 0 saturated carbocycles. The summed E-state index contributed by atoms with van der Waals surface area (Å²) in [5.74, 6) is -0.102. The summed E-state index contributed by atoms with van der Waals surface area (Å²) in [7, 11) is -1.76. The Morgan fingerprint density at radius 3 is 2.74 bits per heavy atom. The van der Waals surface area contributed by atoms with Crippen molar-refractivity contribution in [1.29, 1.82) is 0 Å². The molecule has 19 heavy (non-hydrogen) atoms. The maximum atomic E-state index is 12.1. The van der Waals surface area contributed by atoms with Crippen LogP contribution in [0.25, 0.3) is 0 Å². The number of hydrogen-bond acceptors (Lipinski definition) is 4. The Labute approximate surface area is 119 Å². The summed E-state index contributed by atoms with van der Waals surface area (Å²) in [6.45, 7) is 2.12. The molecule has 1 aromatic heterocycles. The van der Waals surface area contributed by atoms with Crippen LogP contribution in [0.5, 0.6) is 0 Å². The van der Waals surface area contributed by atoms with Crippen LogP contribution in [0.3, 0.4) is 0 Å². The van der Waals surface area contributed by atoms with E-state index in [1.807, 2.05) is 19.1 Å². The molecule has 0 bridgehead atoms. The van der Waals surface area contributed by atoms with Crippen LogP contribution in [-0.4, -0.2) is 42.0 Å². The van der Waals surface area contributed by atoms with Crippen molar-refractivity contribution in [3.8, 4) is 0 Å². The smallest absolute Gasteiger partial charge is 0.214 e. The summed E-state index contributed by atoms with van der Waals surface area (Å²) in [5, 5.41) is 0. The number of thiocarbonyl (C=S) groups is 1. The Balaban J connectivity index is 2.58. The quantitative estimate of drug-likeness (QED) is 0.754. The lowest BCUT2D eigenvalue weighted by Crippen LogP contribution is -2.37. The van der Waals surface area contributed by atoms with Gasteiger partial charge in [-0.1, -0.05) is 25.2 Å². The number of hydrogen-bond donors (Lipinski definition) is 1. The Kier molecular flexibility index (Phi) is 5.84. The number of nitrogens with two attached hydrogens (primary N) is 1. The van der Waals surface area contributed by atoms with Gasteiger partial charge in [-0.3, -0.25) is 4.98 Å². The average Bonchev–Trinajstić information content (AvgIpc) is 2.37. The molecule has 0 fully saturated rings. The average molecular weight is 301 g/mol. The van der Waals surface area contributed by atoms with Gasteiger partial charge in [-0.15, -0.1) is 0 Å². The van der Waals surface area contributed by atoms with E-state index < -0.39 is 10.0 Å². The molecule has 106 valence electrons. The Morgan fingerprint density at radius 1 is 1.53 bits per heavy atom. The van der Waals surface area contributed by atoms with E-state index in [4.69, 9.17) is 18.0 Å². The van der Waals surface area contributed by atoms with Crippen molar-refractivity contribution in [2.24, 2.45) is 11.7 Å². The van der Waals surface area contributed by atoms with E-state index in [0.717, 1.165) is 5.69 Å². The van der Waals surface area contributed by atoms with Crippen molar-refractivity contribution in [3.63, 3.8) is 0 Å². The van der Waals surface area contributed by atoms with E-state index in [-0.39, 0.29) is 11.7 Å². The zero-order chi connectivity index (χ0) is 14.5. The monoisotopic (exact) mass is 301 g/mol. The van der Waals surface area contributed by atoms with E-state index in [1.54, 1.807) is 19.3 Å². The van der Waals surface area contributed by atoms with Crippen molar-refractivity contribution in [2.45, 2.75) is 13.3 Å². The summed E-state index contributed by atoms with van der Waals surface area (Å²) in [6, 6.07) is 5.45. The van der Waals surface area contributed by atoms with Gasteiger partial charge in [0.2, 0.25) is 10.0 Å². The van der Waals surface area contributed by atoms with Gasteiger partial charge in [-0.25, -0.2) is 12.7 Å². The maximum absolute atomic E-state index is 12.1. The third-order valence-electron chi connectivity index (χ3n) is 2.83. The van der Waals surface area contributed by atoms with Gasteiger partial charge < -0.3 is 5.73 Å². The van der Waals surface area contributed by atoms with Crippen molar-refractivity contribution in [2.75, 3.05) is 19.3 Å². The second-order valence-corrected chi connectivity index (χ2v) is 7.14. The summed E-state index contributed by atoms with van der Waals surface area (Å²) in [4.78, 5) is 4.43. The van der Waals surface area contributed by atoms with Crippen LogP contribution in [0.2, 0.25) is 0 Å². The minimum Gasteiger partial charge on any atom is -0.393 e. The predicted molar refractivity (Wildman–Crippen MR) is 80.3 cm³/mol. The molecule has 0 aliphatic carbocycles. The number of aromatic nitrogens is 1. The first-order chi connectivity index (χ1) is 8.83. The summed E-state index contributed by atoms with van der Waals surface area (Å²) in [6.07, 6.45) is 2.05. The van der Waals surface area contributed by atoms with Gasteiger partial charge in [0.25, 0.3) is 0 Å². The topological polar surface area (TPSA) is 76.3 Å². The number of aryl methyl sites for hydroxylation is 1. The molecule has 5 nitrogen and oxygen atoms in total. The highest BCUT2D eigenvalue weighted by atomic mass is 32.2. The van der Waals surface area contributed by atoms with E-state index in [0.29, 0.717) is 18.0 Å². The van der Waals surface area contributed by atoms with Gasteiger partial charge in [0.15, 0.2) is 0 Å². The molecule has 1 atom stereocenters. The van der Waals surface area contributed by atoms with Crippen LogP contribution in [0.1, 0.15) is 12.6 Å². The number of pyridine rings is 1. The molecule has 1 unspecified atom stereocenters. The van der Waals surface area contributed by atoms with Crippen molar-refractivity contribution in [3.05, 3.63) is 30.1 Å². The van der Waals surface area contributed by atoms with Crippen LogP contribution in [0.4, 0.5) is 0 Å². The third kappa shape index (κ3) is 5.22. The Bertz CT molecular complexity index is 517. The minimum atomic E-state index is -3.31. The van der Waals surface area contributed by atoms with Gasteiger partial charge >= 0.3 is 0 Å². The molecular formula is C12H19N3O2S2. The van der Waals surface area contributed by atoms with Crippen LogP contribution in [0.15, 0.2) is 24.4 Å². The highest BCUT2D eigenvalue weighted by Crippen LogP contribution is 2.07. The van der Waals surface area contributed by atoms with Crippen molar-refractivity contribution >= 4 is 27.2 Å². The van der Waals surface area contributed by atoms with Crippen LogP contribution >= 0.6 is 12.2 Å². The van der Waals surface area contributed by atoms with Crippen molar-refractivity contribution in [1.82, 2.24) is 9.29 Å². The molecule has 7 heteroatoms. The highest BCUT2D eigenvalue weighted by Gasteiger charge is 2.20. The Morgan fingerprint density at radius 2 is 2.21 bits per heavy atom. The molecule has 1 rings (SSSR count). The summed E-state index contributed by atoms with van der Waals surface area (Å²) < 4.78 is 25.5. The largest absolute Gasteiger partial charge is 0.393 e. The van der Waals surface area contributed by atoms with E-state index in [1.165, 1.54) is 4.31 Å². The zero-order valence-corrected chi connectivity index (χ0v) is 12.7. The molecule has 0 aromatic carbocycles. The van der Waals surface area contributed by atoms with E-state index in [9.17, 15) is 8.42 Å². The molecule has 0 amide bonds. The minimum absolute atomic E-state index is 0.0323. The van der Waals surface area contributed by atoms with Gasteiger partial charge in [-0.2, -0.15) is 0 Å². The number of rotatable bonds is 7. The van der Waals surface area contributed by atoms with Gasteiger partial charge in [0.05, 0.1) is 10.7 Å². The standard InChI is InChI=1S/C12H19N3O2S2/c1-10(12(13)18)9-15(2)19(16,17)8-6-11-5-3-4-7-14-11/h3-5,7,10H,6,8-9H2,1-2H3,(H2,13,18). The van der Waals surface area contributed by atoms with Gasteiger partial charge in [0, 0.05) is 37.8 Å². The molecule has 1 aromatic rings. The molecule has 0 saturated heterocycles. The normalized spacial score (nSPS) is 13.4. The van der Waals surface area contributed by atoms with E-state index >= 15 is 0 Å². The second-order valence-electron chi connectivity index (χ2n) is 4.47. The maximum Gasteiger partial charge on any atom is 0.214 e. The first kappa shape index (κ1) is 16.0. The van der Waals surface area contributed by atoms with Crippen LogP contribution in [-0.2, 0) is 16.4 Å². The molecule has 0 aliphatic rings. The second kappa shape index (κ2) is 6.93. The van der Waals surface area contributed by atoms with Crippen LogP contribution < -0.4 is 5.73 Å². The lowest BCUT2D eigenvalue weighted by atomic mass is 10.2. The van der Waals surface area contributed by atoms with Crippen molar-refractivity contribution < 1.29 is 8.42 Å². The SMILES string of the molecule is CC(CN(C)S(=O)(=O)CCc1ccccn1)C(N)=S. The molecule has 0 aliphatic heterocycles. The molecular weight excluding hydrogens is 282 g/mol. The first-order valence-electron chi connectivity index (χ1n) is 5.96. The third-order valence-corrected chi connectivity index (χ3v) is 5.06. The fourth-order valence-electron chi connectivity index (χ4n) is 1.52. The first-order valence-corrected chi connectivity index (χ1v) is 7.98.